The first kappa shape index (κ1) is 19.2. The van der Waals surface area contributed by atoms with Gasteiger partial charge in [-0.3, -0.25) is 0 Å². The summed E-state index contributed by atoms with van der Waals surface area (Å²) in [6.45, 7) is 5.35. The van der Waals surface area contributed by atoms with Crippen LogP contribution >= 0.6 is 11.6 Å². The minimum Gasteiger partial charge on any atom is -0.450 e. The van der Waals surface area contributed by atoms with Gasteiger partial charge in [0.2, 0.25) is 5.95 Å². The number of ether oxygens (including phenoxy) is 1. The van der Waals surface area contributed by atoms with Crippen molar-refractivity contribution < 1.29 is 9.53 Å². The van der Waals surface area contributed by atoms with Crippen molar-refractivity contribution in [2.24, 2.45) is 0 Å². The maximum absolute atomic E-state index is 11.8. The summed E-state index contributed by atoms with van der Waals surface area (Å²) in [5.74, 6) is 1.24. The molecule has 1 aliphatic heterocycles. The SMILES string of the molecule is CCOC(=O)N1CCN(c2nncc(NCCc3cccc(Cl)c3)n2)CC1. The first-order valence-electron chi connectivity index (χ1n) is 9.00. The molecule has 2 aromatic rings. The highest BCUT2D eigenvalue weighted by Crippen LogP contribution is 2.14. The van der Waals surface area contributed by atoms with Gasteiger partial charge in [0.1, 0.15) is 0 Å². The molecule has 0 bridgehead atoms. The quantitative estimate of drug-likeness (QED) is 0.811. The first-order valence-corrected chi connectivity index (χ1v) is 9.38. The average Bonchev–Trinajstić information content (AvgIpc) is 2.69. The Morgan fingerprint density at radius 2 is 2.11 bits per heavy atom. The van der Waals surface area contributed by atoms with Gasteiger partial charge in [0.15, 0.2) is 5.82 Å². The molecule has 0 radical (unpaired) electrons. The molecule has 1 aliphatic rings. The predicted molar refractivity (Wildman–Crippen MR) is 104 cm³/mol. The maximum Gasteiger partial charge on any atom is 0.409 e. The van der Waals surface area contributed by atoms with Gasteiger partial charge in [0.05, 0.1) is 12.8 Å². The van der Waals surface area contributed by atoms with Gasteiger partial charge in [-0.15, -0.1) is 5.10 Å². The molecule has 0 saturated carbocycles. The highest BCUT2D eigenvalue weighted by molar-refractivity contribution is 6.30. The zero-order chi connectivity index (χ0) is 19.1. The minimum atomic E-state index is -0.271. The molecular formula is C18H23ClN6O2. The lowest BCUT2D eigenvalue weighted by molar-refractivity contribution is 0.105. The van der Waals surface area contributed by atoms with Gasteiger partial charge < -0.3 is 19.9 Å². The fraction of sp³-hybridized carbons (Fsp3) is 0.444. The number of carbonyl (C=O) groups is 1. The second-order valence-corrected chi connectivity index (χ2v) is 6.56. The smallest absolute Gasteiger partial charge is 0.409 e. The fourth-order valence-electron chi connectivity index (χ4n) is 2.84. The van der Waals surface area contributed by atoms with Crippen LogP contribution in [0, 0.1) is 0 Å². The van der Waals surface area contributed by atoms with E-state index in [1.165, 1.54) is 0 Å². The van der Waals surface area contributed by atoms with E-state index in [0.717, 1.165) is 23.6 Å². The van der Waals surface area contributed by atoms with E-state index in [2.05, 4.69) is 20.5 Å². The summed E-state index contributed by atoms with van der Waals surface area (Å²) in [4.78, 5) is 20.0. The van der Waals surface area contributed by atoms with Crippen LogP contribution in [-0.4, -0.2) is 65.5 Å². The lowest BCUT2D eigenvalue weighted by atomic mass is 10.1. The van der Waals surface area contributed by atoms with Gasteiger partial charge in [-0.2, -0.15) is 10.1 Å². The van der Waals surface area contributed by atoms with Gasteiger partial charge >= 0.3 is 6.09 Å². The summed E-state index contributed by atoms with van der Waals surface area (Å²) in [5.41, 5.74) is 1.16. The molecule has 8 nitrogen and oxygen atoms in total. The van der Waals surface area contributed by atoms with Crippen LogP contribution in [0.4, 0.5) is 16.6 Å². The summed E-state index contributed by atoms with van der Waals surface area (Å²) < 4.78 is 5.04. The third kappa shape index (κ3) is 5.43. The van der Waals surface area contributed by atoms with Crippen LogP contribution in [0.5, 0.6) is 0 Å². The number of carbonyl (C=O) groups excluding carboxylic acids is 1. The molecule has 1 amide bonds. The van der Waals surface area contributed by atoms with Crippen LogP contribution in [0.3, 0.4) is 0 Å². The number of piperazine rings is 1. The van der Waals surface area contributed by atoms with E-state index in [1.807, 2.05) is 29.2 Å². The Hall–Kier alpha value is -2.61. The Morgan fingerprint density at radius 3 is 2.85 bits per heavy atom. The van der Waals surface area contributed by atoms with Crippen LogP contribution in [-0.2, 0) is 11.2 Å². The maximum atomic E-state index is 11.8. The second kappa shape index (κ2) is 9.36. The zero-order valence-electron chi connectivity index (χ0n) is 15.3. The van der Waals surface area contributed by atoms with Crippen molar-refractivity contribution in [3.05, 3.63) is 41.0 Å². The van der Waals surface area contributed by atoms with Gasteiger partial charge in [0, 0.05) is 37.7 Å². The molecule has 0 spiro atoms. The number of nitrogens with one attached hydrogen (secondary N) is 1. The molecule has 0 aliphatic carbocycles. The third-order valence-corrected chi connectivity index (χ3v) is 4.48. The lowest BCUT2D eigenvalue weighted by Gasteiger charge is -2.33. The van der Waals surface area contributed by atoms with E-state index in [0.29, 0.717) is 44.6 Å². The number of hydrogen-bond donors (Lipinski definition) is 1. The standard InChI is InChI=1S/C18H23ClN6O2/c1-2-27-18(26)25-10-8-24(9-11-25)17-22-16(13-21-23-17)20-7-6-14-4-3-5-15(19)12-14/h3-5,12-13H,2,6-11H2,1H3,(H,20,22,23). The van der Waals surface area contributed by atoms with E-state index in [1.54, 1.807) is 18.0 Å². The number of amides is 1. The lowest BCUT2D eigenvalue weighted by Crippen LogP contribution is -2.49. The molecule has 1 fully saturated rings. The minimum absolute atomic E-state index is 0.271. The van der Waals surface area contributed by atoms with Crippen LogP contribution < -0.4 is 10.2 Å². The van der Waals surface area contributed by atoms with Gasteiger partial charge in [-0.25, -0.2) is 4.79 Å². The van der Waals surface area contributed by atoms with Crippen molar-refractivity contribution in [3.63, 3.8) is 0 Å². The van der Waals surface area contributed by atoms with Crippen LogP contribution in [0.25, 0.3) is 0 Å². The number of rotatable bonds is 6. The topological polar surface area (TPSA) is 83.5 Å². The largest absolute Gasteiger partial charge is 0.450 e. The van der Waals surface area contributed by atoms with Gasteiger partial charge in [-0.05, 0) is 31.0 Å². The first-order chi connectivity index (χ1) is 13.2. The molecule has 1 saturated heterocycles. The van der Waals surface area contributed by atoms with Crippen molar-refractivity contribution in [3.8, 4) is 0 Å². The monoisotopic (exact) mass is 390 g/mol. The molecule has 144 valence electrons. The molecule has 9 heteroatoms. The Morgan fingerprint density at radius 1 is 1.30 bits per heavy atom. The van der Waals surface area contributed by atoms with E-state index in [4.69, 9.17) is 16.3 Å². The second-order valence-electron chi connectivity index (χ2n) is 6.12. The van der Waals surface area contributed by atoms with Crippen LogP contribution in [0.2, 0.25) is 5.02 Å². The number of benzene rings is 1. The molecule has 3 rings (SSSR count). The van der Waals surface area contributed by atoms with E-state index >= 15 is 0 Å². The molecule has 2 heterocycles. The summed E-state index contributed by atoms with van der Waals surface area (Å²) in [7, 11) is 0. The van der Waals surface area contributed by atoms with Crippen molar-refractivity contribution >= 4 is 29.5 Å². The number of nitrogens with zero attached hydrogens (tertiary/aromatic N) is 5. The molecule has 0 atom stereocenters. The number of halogens is 1. The number of hydrogen-bond acceptors (Lipinski definition) is 7. The van der Waals surface area contributed by atoms with Gasteiger partial charge in [0.25, 0.3) is 0 Å². The van der Waals surface area contributed by atoms with E-state index < -0.39 is 0 Å². The fourth-order valence-corrected chi connectivity index (χ4v) is 3.06. The molecule has 0 unspecified atom stereocenters. The summed E-state index contributed by atoms with van der Waals surface area (Å²) in [6.07, 6.45) is 2.17. The highest BCUT2D eigenvalue weighted by atomic mass is 35.5. The van der Waals surface area contributed by atoms with Crippen LogP contribution in [0.15, 0.2) is 30.5 Å². The molecule has 1 N–H and O–H groups in total. The zero-order valence-corrected chi connectivity index (χ0v) is 16.0. The Kier molecular flexibility index (Phi) is 6.64. The van der Waals surface area contributed by atoms with Crippen molar-refractivity contribution in [2.75, 3.05) is 49.5 Å². The average molecular weight is 391 g/mol. The Labute approximate surface area is 163 Å². The van der Waals surface area contributed by atoms with Crippen molar-refractivity contribution in [2.45, 2.75) is 13.3 Å². The number of anilines is 2. The summed E-state index contributed by atoms with van der Waals surface area (Å²) in [5, 5.41) is 12.2. The normalized spacial score (nSPS) is 14.1. The summed E-state index contributed by atoms with van der Waals surface area (Å²) in [6, 6.07) is 7.80. The molecule has 27 heavy (non-hydrogen) atoms. The van der Waals surface area contributed by atoms with Crippen LogP contribution in [0.1, 0.15) is 12.5 Å². The van der Waals surface area contributed by atoms with Crippen molar-refractivity contribution in [1.29, 1.82) is 0 Å². The van der Waals surface area contributed by atoms with E-state index in [-0.39, 0.29) is 6.09 Å². The molecule has 1 aromatic heterocycles. The number of aromatic nitrogens is 3. The summed E-state index contributed by atoms with van der Waals surface area (Å²) >= 11 is 6.01. The Bertz CT molecular complexity index is 767. The third-order valence-electron chi connectivity index (χ3n) is 4.24. The molecule has 1 aromatic carbocycles. The van der Waals surface area contributed by atoms with E-state index in [9.17, 15) is 4.79 Å². The van der Waals surface area contributed by atoms with Crippen molar-refractivity contribution in [1.82, 2.24) is 20.1 Å². The molecular weight excluding hydrogens is 368 g/mol. The predicted octanol–water partition coefficient (Wildman–Crippen LogP) is 2.46. The highest BCUT2D eigenvalue weighted by Gasteiger charge is 2.23. The van der Waals surface area contributed by atoms with Gasteiger partial charge in [-0.1, -0.05) is 23.7 Å². The Balaban J connectivity index is 1.51.